The topological polar surface area (TPSA) is 57.3 Å². The maximum absolute atomic E-state index is 12.0. The van der Waals surface area contributed by atoms with Crippen LogP contribution in [0.4, 0.5) is 9.93 Å². The Morgan fingerprint density at radius 2 is 2.13 bits per heavy atom. The van der Waals surface area contributed by atoms with Crippen molar-refractivity contribution in [1.82, 2.24) is 15.2 Å². The summed E-state index contributed by atoms with van der Waals surface area (Å²) in [6.07, 6.45) is 1.78. The average Bonchev–Trinajstić information content (AvgIpc) is 2.90. The summed E-state index contributed by atoms with van der Waals surface area (Å²) in [5.41, 5.74) is 3.60. The second-order valence-electron chi connectivity index (χ2n) is 5.99. The zero-order valence-electron chi connectivity index (χ0n) is 13.6. The minimum Gasteiger partial charge on any atom is -0.337 e. The highest BCUT2D eigenvalue weighted by atomic mass is 32.1. The van der Waals surface area contributed by atoms with Crippen molar-refractivity contribution in [1.29, 1.82) is 0 Å². The molecule has 0 atom stereocenters. The summed E-state index contributed by atoms with van der Waals surface area (Å²) in [6, 6.07) is 8.19. The lowest BCUT2D eigenvalue weighted by molar-refractivity contribution is 0.252. The number of hydrogen-bond acceptors (Lipinski definition) is 4. The number of hydrogen-bond donors (Lipinski definition) is 2. The molecule has 0 spiro atoms. The van der Waals surface area contributed by atoms with Crippen LogP contribution in [0.2, 0.25) is 0 Å². The van der Waals surface area contributed by atoms with Crippen LogP contribution in [0.1, 0.15) is 21.7 Å². The zero-order valence-corrected chi connectivity index (χ0v) is 14.4. The molecule has 0 saturated heterocycles. The predicted octanol–water partition coefficient (Wildman–Crippen LogP) is 2.80. The minimum atomic E-state index is -0.184. The molecule has 0 radical (unpaired) electrons. The van der Waals surface area contributed by atoms with Gasteiger partial charge in [-0.25, -0.2) is 9.78 Å². The lowest BCUT2D eigenvalue weighted by Gasteiger charge is -2.20. The van der Waals surface area contributed by atoms with E-state index >= 15 is 0 Å². The van der Waals surface area contributed by atoms with Gasteiger partial charge in [-0.15, -0.1) is 11.3 Å². The summed E-state index contributed by atoms with van der Waals surface area (Å²) in [7, 11) is 2.10. The number of benzene rings is 1. The zero-order chi connectivity index (χ0) is 16.2. The molecule has 23 heavy (non-hydrogen) atoms. The first-order chi connectivity index (χ1) is 11.1. The fourth-order valence-corrected chi connectivity index (χ4v) is 3.68. The Kier molecular flexibility index (Phi) is 4.93. The van der Waals surface area contributed by atoms with Crippen molar-refractivity contribution < 1.29 is 4.79 Å². The van der Waals surface area contributed by atoms with E-state index in [0.29, 0.717) is 11.7 Å². The fourth-order valence-electron chi connectivity index (χ4n) is 2.59. The van der Waals surface area contributed by atoms with Gasteiger partial charge in [-0.1, -0.05) is 29.8 Å². The number of nitrogens with one attached hydrogen (secondary N) is 2. The van der Waals surface area contributed by atoms with Gasteiger partial charge in [0.2, 0.25) is 0 Å². The molecular weight excluding hydrogens is 308 g/mol. The van der Waals surface area contributed by atoms with E-state index in [1.807, 2.05) is 0 Å². The number of aryl methyl sites for hydroxylation is 1. The van der Waals surface area contributed by atoms with Gasteiger partial charge in [-0.2, -0.15) is 0 Å². The summed E-state index contributed by atoms with van der Waals surface area (Å²) >= 11 is 1.57. The lowest BCUT2D eigenvalue weighted by Crippen LogP contribution is -2.30. The molecule has 2 heterocycles. The van der Waals surface area contributed by atoms with E-state index in [0.717, 1.165) is 31.6 Å². The van der Waals surface area contributed by atoms with Crippen molar-refractivity contribution in [2.45, 2.75) is 26.3 Å². The van der Waals surface area contributed by atoms with E-state index < -0.39 is 0 Å². The normalized spacial score (nSPS) is 14.3. The molecule has 1 aliphatic rings. The van der Waals surface area contributed by atoms with E-state index in [1.165, 1.54) is 16.0 Å². The number of amides is 2. The van der Waals surface area contributed by atoms with Gasteiger partial charge in [0.25, 0.3) is 0 Å². The van der Waals surface area contributed by atoms with Crippen LogP contribution in [-0.2, 0) is 19.4 Å². The van der Waals surface area contributed by atoms with Gasteiger partial charge in [-0.05, 0) is 26.0 Å². The van der Waals surface area contributed by atoms with E-state index in [9.17, 15) is 4.79 Å². The van der Waals surface area contributed by atoms with E-state index in [1.54, 1.807) is 11.3 Å². The lowest BCUT2D eigenvalue weighted by atomic mass is 10.1. The molecule has 1 aromatic heterocycles. The molecule has 2 amide bonds. The highest BCUT2D eigenvalue weighted by Crippen LogP contribution is 2.27. The van der Waals surface area contributed by atoms with E-state index in [-0.39, 0.29) is 6.03 Å². The van der Waals surface area contributed by atoms with Gasteiger partial charge in [0, 0.05) is 30.9 Å². The Hall–Kier alpha value is -1.92. The number of thiazole rings is 1. The number of carbonyl (C=O) groups excluding carboxylic acids is 1. The largest absolute Gasteiger partial charge is 0.337 e. The quantitative estimate of drug-likeness (QED) is 0.906. The maximum atomic E-state index is 12.0. The third kappa shape index (κ3) is 4.30. The van der Waals surface area contributed by atoms with Crippen LogP contribution in [0.5, 0.6) is 0 Å². The van der Waals surface area contributed by atoms with E-state index in [2.05, 4.69) is 58.8 Å². The number of nitrogens with zero attached hydrogens (tertiary/aromatic N) is 2. The molecule has 0 bridgehead atoms. The maximum Gasteiger partial charge on any atom is 0.321 e. The Morgan fingerprint density at radius 1 is 1.35 bits per heavy atom. The van der Waals surface area contributed by atoms with Crippen molar-refractivity contribution >= 4 is 22.5 Å². The van der Waals surface area contributed by atoms with Crippen molar-refractivity contribution in [3.05, 3.63) is 46.0 Å². The molecular formula is C17H22N4OS. The van der Waals surface area contributed by atoms with Gasteiger partial charge in [0.15, 0.2) is 5.13 Å². The number of rotatable bonds is 4. The van der Waals surface area contributed by atoms with Crippen molar-refractivity contribution in [2.24, 2.45) is 0 Å². The summed E-state index contributed by atoms with van der Waals surface area (Å²) in [6.45, 7) is 4.63. The number of anilines is 1. The summed E-state index contributed by atoms with van der Waals surface area (Å²) in [5.74, 6) is 0. The number of carbonyl (C=O) groups is 1. The Labute approximate surface area is 140 Å². The molecule has 5 nitrogen and oxygen atoms in total. The van der Waals surface area contributed by atoms with Crippen LogP contribution >= 0.6 is 11.3 Å². The van der Waals surface area contributed by atoms with Gasteiger partial charge in [-0.3, -0.25) is 5.32 Å². The first-order valence-corrected chi connectivity index (χ1v) is 8.69. The smallest absolute Gasteiger partial charge is 0.321 e. The number of likely N-dealkylation sites (N-methyl/N-ethyl adjacent to an activating group) is 1. The first kappa shape index (κ1) is 16.0. The monoisotopic (exact) mass is 330 g/mol. The Balaban J connectivity index is 1.47. The SMILES string of the molecule is Cc1ccc(CCNC(=O)Nc2nc3c(s2)CN(C)CC3)cc1. The number of aromatic nitrogens is 1. The number of fused-ring (bicyclic) bond motifs is 1. The molecule has 122 valence electrons. The molecule has 2 N–H and O–H groups in total. The molecule has 1 aromatic carbocycles. The highest BCUT2D eigenvalue weighted by molar-refractivity contribution is 7.15. The molecule has 2 aromatic rings. The number of urea groups is 1. The van der Waals surface area contributed by atoms with Crippen LogP contribution < -0.4 is 10.6 Å². The standard InChI is InChI=1S/C17H22N4OS/c1-12-3-5-13(6-4-12)7-9-18-16(22)20-17-19-14-8-10-21(2)11-15(14)23-17/h3-6H,7-11H2,1-2H3,(H2,18,19,20,22). The minimum absolute atomic E-state index is 0.184. The van der Waals surface area contributed by atoms with Crippen LogP contribution in [0.25, 0.3) is 0 Å². The Morgan fingerprint density at radius 3 is 2.91 bits per heavy atom. The molecule has 0 unspecified atom stereocenters. The predicted molar refractivity (Wildman–Crippen MR) is 94.1 cm³/mol. The second kappa shape index (κ2) is 7.10. The van der Waals surface area contributed by atoms with Gasteiger partial charge >= 0.3 is 6.03 Å². The molecule has 0 aliphatic carbocycles. The summed E-state index contributed by atoms with van der Waals surface area (Å²) in [4.78, 5) is 20.0. The third-order valence-corrected chi connectivity index (χ3v) is 4.96. The van der Waals surface area contributed by atoms with Gasteiger partial charge in [0.1, 0.15) is 0 Å². The van der Waals surface area contributed by atoms with Gasteiger partial charge < -0.3 is 10.2 Å². The fraction of sp³-hybridized carbons (Fsp3) is 0.412. The van der Waals surface area contributed by atoms with Crippen molar-refractivity contribution in [2.75, 3.05) is 25.5 Å². The third-order valence-electron chi connectivity index (χ3n) is 3.96. The summed E-state index contributed by atoms with van der Waals surface area (Å²) < 4.78 is 0. The van der Waals surface area contributed by atoms with Crippen molar-refractivity contribution in [3.63, 3.8) is 0 Å². The van der Waals surface area contributed by atoms with Crippen LogP contribution in [0, 0.1) is 6.92 Å². The van der Waals surface area contributed by atoms with Crippen molar-refractivity contribution in [3.8, 4) is 0 Å². The molecule has 0 fully saturated rings. The molecule has 1 aliphatic heterocycles. The molecule has 6 heteroatoms. The Bertz CT molecular complexity index is 680. The van der Waals surface area contributed by atoms with Crippen LogP contribution in [0.15, 0.2) is 24.3 Å². The van der Waals surface area contributed by atoms with E-state index in [4.69, 9.17) is 0 Å². The second-order valence-corrected chi connectivity index (χ2v) is 7.08. The molecule has 0 saturated carbocycles. The molecule has 3 rings (SSSR count). The van der Waals surface area contributed by atoms with Gasteiger partial charge in [0.05, 0.1) is 5.69 Å². The summed E-state index contributed by atoms with van der Waals surface area (Å²) in [5, 5.41) is 6.43. The highest BCUT2D eigenvalue weighted by Gasteiger charge is 2.18. The van der Waals surface area contributed by atoms with Crippen LogP contribution in [0.3, 0.4) is 0 Å². The first-order valence-electron chi connectivity index (χ1n) is 7.87. The van der Waals surface area contributed by atoms with Crippen LogP contribution in [-0.4, -0.2) is 36.1 Å². The average molecular weight is 330 g/mol.